The second kappa shape index (κ2) is 8.35. The van der Waals surface area contributed by atoms with Crippen LogP contribution in [-0.4, -0.2) is 37.7 Å². The summed E-state index contributed by atoms with van der Waals surface area (Å²) in [6.45, 7) is 9.13. The van der Waals surface area contributed by atoms with Crippen molar-refractivity contribution in [2.45, 2.75) is 65.0 Å². The van der Waals surface area contributed by atoms with Crippen LogP contribution in [0, 0.1) is 11.3 Å². The van der Waals surface area contributed by atoms with E-state index in [0.29, 0.717) is 12.1 Å². The average molecular weight is 319 g/mol. The lowest BCUT2D eigenvalue weighted by Gasteiger charge is -2.55. The van der Waals surface area contributed by atoms with Gasteiger partial charge in [-0.05, 0) is 45.6 Å². The molecule has 1 amide bonds. The van der Waals surface area contributed by atoms with Crippen molar-refractivity contribution in [3.63, 3.8) is 0 Å². The van der Waals surface area contributed by atoms with Gasteiger partial charge in [-0.3, -0.25) is 4.79 Å². The molecule has 0 spiro atoms. The summed E-state index contributed by atoms with van der Waals surface area (Å²) in [5, 5.41) is 6.63. The number of piperidine rings is 1. The first-order valence-electron chi connectivity index (χ1n) is 8.30. The van der Waals surface area contributed by atoms with Crippen LogP contribution in [0.5, 0.6) is 0 Å². The maximum atomic E-state index is 12.4. The predicted octanol–water partition coefficient (Wildman–Crippen LogP) is 2.51. The molecular formula is C16H31ClN2O2. The van der Waals surface area contributed by atoms with Gasteiger partial charge in [0.1, 0.15) is 0 Å². The number of carbonyl (C=O) groups excluding carboxylic acids is 1. The number of amides is 1. The van der Waals surface area contributed by atoms with Gasteiger partial charge in [-0.15, -0.1) is 12.4 Å². The minimum Gasteiger partial charge on any atom is -0.378 e. The lowest BCUT2D eigenvalue weighted by Crippen LogP contribution is -2.65. The molecule has 3 unspecified atom stereocenters. The van der Waals surface area contributed by atoms with E-state index in [0.717, 1.165) is 51.8 Å². The van der Waals surface area contributed by atoms with Gasteiger partial charge in [0.25, 0.3) is 0 Å². The summed E-state index contributed by atoms with van der Waals surface area (Å²) in [6, 6.07) is 0.295. The van der Waals surface area contributed by atoms with Crippen molar-refractivity contribution in [1.82, 2.24) is 10.6 Å². The van der Waals surface area contributed by atoms with Gasteiger partial charge in [0.15, 0.2) is 0 Å². The van der Waals surface area contributed by atoms with E-state index >= 15 is 0 Å². The van der Waals surface area contributed by atoms with Crippen molar-refractivity contribution < 1.29 is 9.53 Å². The zero-order valence-electron chi connectivity index (χ0n) is 13.6. The van der Waals surface area contributed by atoms with Crippen molar-refractivity contribution in [2.24, 2.45) is 11.3 Å². The van der Waals surface area contributed by atoms with Crippen molar-refractivity contribution in [3.8, 4) is 0 Å². The van der Waals surface area contributed by atoms with Crippen LogP contribution in [0.3, 0.4) is 0 Å². The Morgan fingerprint density at radius 2 is 2.05 bits per heavy atom. The Labute approximate surface area is 135 Å². The topological polar surface area (TPSA) is 50.4 Å². The molecule has 4 nitrogen and oxygen atoms in total. The standard InChI is InChI=1S/C16H30N2O2.ClH/c1-4-16(5-2)13(10-14(16)20-6-3)18-15(19)12-8-7-9-17-11-12;/h12-14,17H,4-11H2,1-3H3,(H,18,19);1H. The molecule has 124 valence electrons. The van der Waals surface area contributed by atoms with Crippen molar-refractivity contribution in [1.29, 1.82) is 0 Å². The van der Waals surface area contributed by atoms with E-state index in [1.165, 1.54) is 0 Å². The molecule has 5 heteroatoms. The highest BCUT2D eigenvalue weighted by Crippen LogP contribution is 2.49. The van der Waals surface area contributed by atoms with Crippen LogP contribution in [0.2, 0.25) is 0 Å². The molecule has 2 aliphatic rings. The van der Waals surface area contributed by atoms with E-state index < -0.39 is 0 Å². The van der Waals surface area contributed by atoms with Gasteiger partial charge in [0.2, 0.25) is 5.91 Å². The number of rotatable bonds is 6. The van der Waals surface area contributed by atoms with E-state index in [1.54, 1.807) is 0 Å². The Kier molecular flexibility index (Phi) is 7.45. The SMILES string of the molecule is CCOC1CC(NC(=O)C2CCCNC2)C1(CC)CC.Cl. The molecule has 1 aliphatic carbocycles. The van der Waals surface area contributed by atoms with Gasteiger partial charge in [0, 0.05) is 24.6 Å². The first-order valence-corrected chi connectivity index (χ1v) is 8.30. The maximum Gasteiger partial charge on any atom is 0.224 e. The van der Waals surface area contributed by atoms with Crippen LogP contribution in [0.15, 0.2) is 0 Å². The molecule has 2 fully saturated rings. The Morgan fingerprint density at radius 3 is 2.57 bits per heavy atom. The average Bonchev–Trinajstić information content (AvgIpc) is 2.48. The predicted molar refractivity (Wildman–Crippen MR) is 87.8 cm³/mol. The molecule has 2 N–H and O–H groups in total. The fraction of sp³-hybridized carbons (Fsp3) is 0.938. The number of nitrogens with one attached hydrogen (secondary N) is 2. The summed E-state index contributed by atoms with van der Waals surface area (Å²) in [5.74, 6) is 0.393. The third-order valence-electron chi connectivity index (χ3n) is 5.45. The number of carbonyl (C=O) groups is 1. The molecule has 21 heavy (non-hydrogen) atoms. The van der Waals surface area contributed by atoms with Crippen LogP contribution >= 0.6 is 12.4 Å². The minimum atomic E-state index is 0. The lowest BCUT2D eigenvalue weighted by atomic mass is 9.58. The molecule has 2 rings (SSSR count). The normalized spacial score (nSPS) is 30.9. The fourth-order valence-corrected chi connectivity index (χ4v) is 3.95. The molecule has 0 aromatic heterocycles. The highest BCUT2D eigenvalue weighted by molar-refractivity contribution is 5.85. The van der Waals surface area contributed by atoms with E-state index in [1.807, 2.05) is 0 Å². The summed E-state index contributed by atoms with van der Waals surface area (Å²) in [5.41, 5.74) is 0.147. The first kappa shape index (κ1) is 18.7. The van der Waals surface area contributed by atoms with Gasteiger partial charge in [-0.2, -0.15) is 0 Å². The van der Waals surface area contributed by atoms with Crippen molar-refractivity contribution >= 4 is 18.3 Å². The molecule has 3 atom stereocenters. The third-order valence-corrected chi connectivity index (χ3v) is 5.45. The summed E-state index contributed by atoms with van der Waals surface area (Å²) in [7, 11) is 0. The first-order chi connectivity index (χ1) is 9.67. The number of ether oxygens (including phenoxy) is 1. The second-order valence-electron chi connectivity index (χ2n) is 6.22. The molecule has 1 saturated heterocycles. The van der Waals surface area contributed by atoms with Gasteiger partial charge < -0.3 is 15.4 Å². The Bertz CT molecular complexity index is 328. The number of hydrogen-bond donors (Lipinski definition) is 2. The minimum absolute atomic E-state index is 0. The molecule has 0 aromatic rings. The second-order valence-corrected chi connectivity index (χ2v) is 6.22. The van der Waals surface area contributed by atoms with Crippen LogP contribution < -0.4 is 10.6 Å². The summed E-state index contributed by atoms with van der Waals surface area (Å²) in [6.07, 6.45) is 5.56. The lowest BCUT2D eigenvalue weighted by molar-refractivity contribution is -0.150. The zero-order chi connectivity index (χ0) is 14.6. The third kappa shape index (κ3) is 3.72. The quantitative estimate of drug-likeness (QED) is 0.791. The van der Waals surface area contributed by atoms with Gasteiger partial charge in [-0.1, -0.05) is 13.8 Å². The van der Waals surface area contributed by atoms with E-state index in [4.69, 9.17) is 4.74 Å². The van der Waals surface area contributed by atoms with Gasteiger partial charge in [-0.25, -0.2) is 0 Å². The van der Waals surface area contributed by atoms with E-state index in [9.17, 15) is 4.79 Å². The Balaban J connectivity index is 0.00000220. The van der Waals surface area contributed by atoms with Crippen molar-refractivity contribution in [2.75, 3.05) is 19.7 Å². The van der Waals surface area contributed by atoms with Crippen LogP contribution in [0.4, 0.5) is 0 Å². The van der Waals surface area contributed by atoms with Crippen LogP contribution in [0.1, 0.15) is 52.9 Å². The monoisotopic (exact) mass is 318 g/mol. The largest absolute Gasteiger partial charge is 0.378 e. The van der Waals surface area contributed by atoms with Gasteiger partial charge in [0.05, 0.1) is 12.0 Å². The van der Waals surface area contributed by atoms with Gasteiger partial charge >= 0.3 is 0 Å². The Morgan fingerprint density at radius 1 is 1.33 bits per heavy atom. The van der Waals surface area contributed by atoms with E-state index in [-0.39, 0.29) is 29.6 Å². The number of halogens is 1. The summed E-state index contributed by atoms with van der Waals surface area (Å²) < 4.78 is 5.87. The van der Waals surface area contributed by atoms with Crippen LogP contribution in [0.25, 0.3) is 0 Å². The molecule has 1 saturated carbocycles. The van der Waals surface area contributed by atoms with E-state index in [2.05, 4.69) is 31.4 Å². The molecule has 1 aliphatic heterocycles. The molecule has 0 radical (unpaired) electrons. The molecule has 1 heterocycles. The molecule has 0 aromatic carbocycles. The smallest absolute Gasteiger partial charge is 0.224 e. The highest BCUT2D eigenvalue weighted by Gasteiger charge is 2.54. The Hall–Kier alpha value is -0.320. The van der Waals surface area contributed by atoms with Crippen LogP contribution in [-0.2, 0) is 9.53 Å². The summed E-state index contributed by atoms with van der Waals surface area (Å²) in [4.78, 5) is 12.4. The zero-order valence-corrected chi connectivity index (χ0v) is 14.4. The molecular weight excluding hydrogens is 288 g/mol. The maximum absolute atomic E-state index is 12.4. The van der Waals surface area contributed by atoms with Crippen molar-refractivity contribution in [3.05, 3.63) is 0 Å². The molecule has 0 bridgehead atoms. The number of hydrogen-bond acceptors (Lipinski definition) is 3. The highest BCUT2D eigenvalue weighted by atomic mass is 35.5. The fourth-order valence-electron chi connectivity index (χ4n) is 3.95. The summed E-state index contributed by atoms with van der Waals surface area (Å²) >= 11 is 0.